The lowest BCUT2D eigenvalue weighted by Crippen LogP contribution is -2.51. The largest absolute Gasteiger partial charge is 0.444 e. The molecule has 30 heavy (non-hydrogen) atoms. The number of ether oxygens (including phenoxy) is 2. The smallest absolute Gasteiger partial charge is 0.433 e. The summed E-state index contributed by atoms with van der Waals surface area (Å²) in [6.45, 7) is 5.82. The Morgan fingerprint density at radius 1 is 1.33 bits per heavy atom. The second-order valence-electron chi connectivity index (χ2n) is 8.08. The molecule has 9 nitrogen and oxygen atoms in total. The maximum Gasteiger partial charge on any atom is 0.433 e. The Morgan fingerprint density at radius 2 is 2.07 bits per heavy atom. The van der Waals surface area contributed by atoms with Crippen LogP contribution in [-0.4, -0.2) is 63.6 Å². The van der Waals surface area contributed by atoms with Crippen molar-refractivity contribution in [2.75, 3.05) is 25.1 Å². The number of piperidine rings is 1. The number of fused-ring (bicyclic) bond motifs is 1. The molecule has 0 spiro atoms. The molecule has 0 aliphatic carbocycles. The van der Waals surface area contributed by atoms with Crippen molar-refractivity contribution >= 4 is 17.7 Å². The van der Waals surface area contributed by atoms with E-state index in [4.69, 9.17) is 9.47 Å². The Bertz CT molecular complexity index is 895. The molecular weight excluding hydrogens is 405 g/mol. The molecular formula is C18H25F3N6O3. The summed E-state index contributed by atoms with van der Waals surface area (Å²) < 4.78 is 52.1. The van der Waals surface area contributed by atoms with Crippen LogP contribution in [0.3, 0.4) is 0 Å². The fourth-order valence-electron chi connectivity index (χ4n) is 3.39. The zero-order valence-electron chi connectivity index (χ0n) is 17.2. The maximum absolute atomic E-state index is 13.4. The normalized spacial score (nSPS) is 20.4. The summed E-state index contributed by atoms with van der Waals surface area (Å²) in [5.41, 5.74) is -1.71. The van der Waals surface area contributed by atoms with Crippen LogP contribution in [0.5, 0.6) is 0 Å². The first-order valence-corrected chi connectivity index (χ1v) is 9.52. The lowest BCUT2D eigenvalue weighted by molar-refractivity contribution is -0.141. The van der Waals surface area contributed by atoms with E-state index >= 15 is 0 Å². The van der Waals surface area contributed by atoms with Crippen molar-refractivity contribution in [1.82, 2.24) is 24.9 Å². The van der Waals surface area contributed by atoms with Gasteiger partial charge in [0.15, 0.2) is 5.69 Å². The Morgan fingerprint density at radius 3 is 2.70 bits per heavy atom. The molecule has 166 valence electrons. The molecule has 0 unspecified atom stereocenters. The van der Waals surface area contributed by atoms with Gasteiger partial charge in [0, 0.05) is 26.3 Å². The third-order valence-corrected chi connectivity index (χ3v) is 4.70. The maximum atomic E-state index is 13.4. The summed E-state index contributed by atoms with van der Waals surface area (Å²) in [6.07, 6.45) is -3.04. The van der Waals surface area contributed by atoms with E-state index in [1.807, 2.05) is 0 Å². The number of amides is 1. The first kappa shape index (κ1) is 22.1. The number of alkyl halides is 3. The third-order valence-electron chi connectivity index (χ3n) is 4.70. The number of aromatic nitrogens is 4. The topological polar surface area (TPSA) is 93.9 Å². The number of nitrogens with zero attached hydrogens (tertiary/aromatic N) is 5. The molecule has 1 N–H and O–H groups in total. The molecule has 1 aliphatic rings. The number of carbonyl (C=O) groups excluding carboxylic acids is 1. The van der Waals surface area contributed by atoms with Gasteiger partial charge >= 0.3 is 12.3 Å². The molecule has 1 saturated heterocycles. The minimum Gasteiger partial charge on any atom is -0.444 e. The van der Waals surface area contributed by atoms with Crippen molar-refractivity contribution in [3.63, 3.8) is 0 Å². The monoisotopic (exact) mass is 430 g/mol. The standard InChI is InChI=1S/C18H25F3N6O3/c1-17(2,3)30-16(28)22-9-11-7-12(29-4)5-6-26(11)14-8-13(18(19,20)21)25-15-23-10-24-27(14)15/h8,10-12H,5-7,9H2,1-4H3,(H,22,28)/t11-,12+/m0/s1. The fourth-order valence-corrected chi connectivity index (χ4v) is 3.39. The van der Waals surface area contributed by atoms with Gasteiger partial charge in [-0.3, -0.25) is 0 Å². The molecule has 0 bridgehead atoms. The van der Waals surface area contributed by atoms with Gasteiger partial charge in [0.05, 0.1) is 12.1 Å². The molecule has 3 rings (SSSR count). The predicted octanol–water partition coefficient (Wildman–Crippen LogP) is 2.65. The number of methoxy groups -OCH3 is 1. The van der Waals surface area contributed by atoms with Crippen molar-refractivity contribution < 1.29 is 27.4 Å². The zero-order chi connectivity index (χ0) is 22.1. The summed E-state index contributed by atoms with van der Waals surface area (Å²) >= 11 is 0. The number of alkyl carbamates (subject to hydrolysis) is 1. The third kappa shape index (κ3) is 5.10. The van der Waals surface area contributed by atoms with Gasteiger partial charge in [-0.05, 0) is 33.6 Å². The lowest BCUT2D eigenvalue weighted by atomic mass is 9.99. The van der Waals surface area contributed by atoms with Crippen LogP contribution in [0.25, 0.3) is 5.78 Å². The summed E-state index contributed by atoms with van der Waals surface area (Å²) in [5.74, 6) is 0.0582. The molecule has 1 fully saturated rings. The van der Waals surface area contributed by atoms with E-state index in [1.54, 1.807) is 32.8 Å². The van der Waals surface area contributed by atoms with Crippen molar-refractivity contribution in [3.8, 4) is 0 Å². The van der Waals surface area contributed by atoms with Crippen LogP contribution in [0.2, 0.25) is 0 Å². The van der Waals surface area contributed by atoms with Crippen molar-refractivity contribution in [1.29, 1.82) is 0 Å². The summed E-state index contributed by atoms with van der Waals surface area (Å²) in [7, 11) is 1.59. The number of nitrogens with one attached hydrogen (secondary N) is 1. The van der Waals surface area contributed by atoms with Crippen molar-refractivity contribution in [2.45, 2.75) is 57.5 Å². The van der Waals surface area contributed by atoms with E-state index in [-0.39, 0.29) is 30.3 Å². The lowest BCUT2D eigenvalue weighted by Gasteiger charge is -2.40. The van der Waals surface area contributed by atoms with Crippen LogP contribution >= 0.6 is 0 Å². The minimum atomic E-state index is -4.63. The molecule has 2 atom stereocenters. The average molecular weight is 430 g/mol. The van der Waals surface area contributed by atoms with E-state index in [0.29, 0.717) is 19.4 Å². The Kier molecular flexibility index (Phi) is 6.06. The average Bonchev–Trinajstić information content (AvgIpc) is 3.12. The van der Waals surface area contributed by atoms with Crippen LogP contribution < -0.4 is 10.2 Å². The number of rotatable bonds is 4. The number of hydrogen-bond donors (Lipinski definition) is 1. The highest BCUT2D eigenvalue weighted by molar-refractivity contribution is 5.67. The number of halogens is 3. The second kappa shape index (κ2) is 8.25. The Hall–Kier alpha value is -2.63. The van der Waals surface area contributed by atoms with Gasteiger partial charge in [-0.2, -0.15) is 27.8 Å². The molecule has 0 radical (unpaired) electrons. The van der Waals surface area contributed by atoms with E-state index in [2.05, 4.69) is 20.4 Å². The van der Waals surface area contributed by atoms with Crippen LogP contribution in [0.4, 0.5) is 23.8 Å². The van der Waals surface area contributed by atoms with Gasteiger partial charge in [-0.25, -0.2) is 9.78 Å². The van der Waals surface area contributed by atoms with Crippen LogP contribution in [-0.2, 0) is 15.7 Å². The molecule has 0 saturated carbocycles. The van der Waals surface area contributed by atoms with Gasteiger partial charge in [-0.15, -0.1) is 0 Å². The Labute approximate surface area is 171 Å². The van der Waals surface area contributed by atoms with Crippen molar-refractivity contribution in [3.05, 3.63) is 18.1 Å². The Balaban J connectivity index is 1.90. The molecule has 12 heteroatoms. The van der Waals surface area contributed by atoms with Gasteiger partial charge < -0.3 is 19.7 Å². The highest BCUT2D eigenvalue weighted by atomic mass is 19.4. The second-order valence-corrected chi connectivity index (χ2v) is 8.08. The molecule has 0 aromatic carbocycles. The zero-order valence-corrected chi connectivity index (χ0v) is 17.2. The minimum absolute atomic E-state index is 0.0816. The number of hydrogen-bond acceptors (Lipinski definition) is 7. The molecule has 1 amide bonds. The number of anilines is 1. The van der Waals surface area contributed by atoms with Gasteiger partial charge in [0.1, 0.15) is 17.7 Å². The van der Waals surface area contributed by atoms with Gasteiger partial charge in [-0.1, -0.05) is 0 Å². The highest BCUT2D eigenvalue weighted by Gasteiger charge is 2.37. The molecule has 3 heterocycles. The quantitative estimate of drug-likeness (QED) is 0.797. The fraction of sp³-hybridized carbons (Fsp3) is 0.667. The van der Waals surface area contributed by atoms with Gasteiger partial charge in [0.2, 0.25) is 0 Å². The first-order chi connectivity index (χ1) is 14.0. The molecule has 2 aromatic heterocycles. The van der Waals surface area contributed by atoms with Crippen LogP contribution in [0.1, 0.15) is 39.3 Å². The van der Waals surface area contributed by atoms with Crippen LogP contribution in [0, 0.1) is 0 Å². The summed E-state index contributed by atoms with van der Waals surface area (Å²) in [6, 6.07) is 0.613. The predicted molar refractivity (Wildman–Crippen MR) is 101 cm³/mol. The van der Waals surface area contributed by atoms with Crippen molar-refractivity contribution in [2.24, 2.45) is 0 Å². The van der Waals surface area contributed by atoms with E-state index < -0.39 is 23.6 Å². The number of carbonyl (C=O) groups is 1. The SMILES string of the molecule is CO[C@@H]1CCN(c2cc(C(F)(F)F)nc3ncnn23)[C@H](CNC(=O)OC(C)(C)C)C1. The highest BCUT2D eigenvalue weighted by Crippen LogP contribution is 2.33. The molecule has 2 aromatic rings. The first-order valence-electron chi connectivity index (χ1n) is 9.52. The van der Waals surface area contributed by atoms with Gasteiger partial charge in [0.25, 0.3) is 5.78 Å². The van der Waals surface area contributed by atoms with E-state index in [0.717, 1.165) is 12.4 Å². The summed E-state index contributed by atoms with van der Waals surface area (Å²) in [5, 5.41) is 6.72. The summed E-state index contributed by atoms with van der Waals surface area (Å²) in [4.78, 5) is 21.2. The molecule has 1 aliphatic heterocycles. The van der Waals surface area contributed by atoms with E-state index in [9.17, 15) is 18.0 Å². The van der Waals surface area contributed by atoms with E-state index in [1.165, 1.54) is 4.52 Å². The van der Waals surface area contributed by atoms with Crippen LogP contribution in [0.15, 0.2) is 12.4 Å².